The first-order valence-corrected chi connectivity index (χ1v) is 5.55. The number of rotatable bonds is 2. The third-order valence-electron chi connectivity index (χ3n) is 2.11. The van der Waals surface area contributed by atoms with Crippen LogP contribution in [0, 0.1) is 6.92 Å². The Labute approximate surface area is 104 Å². The summed E-state index contributed by atoms with van der Waals surface area (Å²) in [6.07, 6.45) is 1.75. The predicted octanol–water partition coefficient (Wildman–Crippen LogP) is 4.44. The van der Waals surface area contributed by atoms with Crippen LogP contribution in [0.5, 0.6) is 0 Å². The summed E-state index contributed by atoms with van der Waals surface area (Å²) in [4.78, 5) is 4.20. The topological polar surface area (TPSA) is 24.9 Å². The van der Waals surface area contributed by atoms with E-state index in [9.17, 15) is 0 Å². The molecule has 0 aliphatic heterocycles. The summed E-state index contributed by atoms with van der Waals surface area (Å²) in [6, 6.07) is 9.20. The summed E-state index contributed by atoms with van der Waals surface area (Å²) in [5, 5.41) is 4.34. The number of hydrogen-bond acceptors (Lipinski definition) is 2. The molecule has 0 amide bonds. The van der Waals surface area contributed by atoms with E-state index >= 15 is 0 Å². The van der Waals surface area contributed by atoms with Gasteiger partial charge in [0.05, 0.1) is 10.7 Å². The van der Waals surface area contributed by atoms with Crippen molar-refractivity contribution >= 4 is 34.7 Å². The molecule has 2 nitrogen and oxygen atoms in total. The van der Waals surface area contributed by atoms with Crippen LogP contribution >= 0.6 is 23.2 Å². The second-order valence-corrected chi connectivity index (χ2v) is 4.31. The smallest absolute Gasteiger partial charge is 0.130 e. The monoisotopic (exact) mass is 252 g/mol. The summed E-state index contributed by atoms with van der Waals surface area (Å²) in [7, 11) is 0. The number of benzene rings is 1. The third-order valence-corrected chi connectivity index (χ3v) is 2.66. The summed E-state index contributed by atoms with van der Waals surface area (Å²) in [5.74, 6) is 0.768. The zero-order valence-electron chi connectivity index (χ0n) is 8.67. The van der Waals surface area contributed by atoms with Crippen LogP contribution in [0.1, 0.15) is 5.56 Å². The van der Waals surface area contributed by atoms with E-state index in [-0.39, 0.29) is 0 Å². The van der Waals surface area contributed by atoms with E-state index in [1.54, 1.807) is 18.3 Å². The van der Waals surface area contributed by atoms with E-state index in [2.05, 4.69) is 10.3 Å². The van der Waals surface area contributed by atoms with Crippen LogP contribution in [-0.4, -0.2) is 4.98 Å². The lowest BCUT2D eigenvalue weighted by atomic mass is 10.3. The minimum atomic E-state index is 0.579. The largest absolute Gasteiger partial charge is 0.339 e. The van der Waals surface area contributed by atoms with Crippen LogP contribution < -0.4 is 5.32 Å². The maximum atomic E-state index is 6.04. The number of aryl methyl sites for hydroxylation is 1. The summed E-state index contributed by atoms with van der Waals surface area (Å²) >= 11 is 11.9. The van der Waals surface area contributed by atoms with Crippen molar-refractivity contribution in [2.24, 2.45) is 0 Å². The number of hydrogen-bond donors (Lipinski definition) is 1. The van der Waals surface area contributed by atoms with Crippen LogP contribution in [0.3, 0.4) is 0 Å². The molecule has 1 aromatic carbocycles. The molecule has 16 heavy (non-hydrogen) atoms. The van der Waals surface area contributed by atoms with Crippen molar-refractivity contribution in [3.8, 4) is 0 Å². The summed E-state index contributed by atoms with van der Waals surface area (Å²) in [5.41, 5.74) is 1.94. The van der Waals surface area contributed by atoms with E-state index in [1.165, 1.54) is 0 Å². The van der Waals surface area contributed by atoms with Crippen LogP contribution in [0.4, 0.5) is 11.5 Å². The first kappa shape index (κ1) is 11.2. The molecule has 82 valence electrons. The number of nitrogens with one attached hydrogen (secondary N) is 1. The summed E-state index contributed by atoms with van der Waals surface area (Å²) in [6.45, 7) is 2.01. The summed E-state index contributed by atoms with van der Waals surface area (Å²) < 4.78 is 0. The Bertz CT molecular complexity index is 512. The third kappa shape index (κ3) is 2.65. The standard InChI is InChI=1S/C12H10Cl2N2/c1-8-4-5-15-12(6-8)16-11-3-2-9(13)7-10(11)14/h2-7H,1H3,(H,15,16). The fourth-order valence-corrected chi connectivity index (χ4v) is 1.79. The van der Waals surface area contributed by atoms with Crippen molar-refractivity contribution in [3.05, 3.63) is 52.1 Å². The molecule has 0 atom stereocenters. The fraction of sp³-hybridized carbons (Fsp3) is 0.0833. The number of anilines is 2. The maximum absolute atomic E-state index is 6.04. The lowest BCUT2D eigenvalue weighted by molar-refractivity contribution is 1.27. The lowest BCUT2D eigenvalue weighted by Gasteiger charge is -2.08. The zero-order valence-corrected chi connectivity index (χ0v) is 10.2. The van der Waals surface area contributed by atoms with Gasteiger partial charge in [0.1, 0.15) is 5.82 Å². The molecule has 0 radical (unpaired) electrons. The second-order valence-electron chi connectivity index (χ2n) is 3.47. The van der Waals surface area contributed by atoms with Crippen molar-refractivity contribution in [2.75, 3.05) is 5.32 Å². The van der Waals surface area contributed by atoms with Gasteiger partial charge in [0.15, 0.2) is 0 Å². The van der Waals surface area contributed by atoms with Crippen molar-refractivity contribution in [1.82, 2.24) is 4.98 Å². The molecule has 0 bridgehead atoms. The highest BCUT2D eigenvalue weighted by molar-refractivity contribution is 6.36. The van der Waals surface area contributed by atoms with E-state index in [0.29, 0.717) is 10.0 Å². The number of halogens is 2. The van der Waals surface area contributed by atoms with Crippen molar-refractivity contribution in [3.63, 3.8) is 0 Å². The van der Waals surface area contributed by atoms with E-state index in [1.807, 2.05) is 25.1 Å². The Morgan fingerprint density at radius 3 is 2.62 bits per heavy atom. The Balaban J connectivity index is 2.27. The molecule has 2 aromatic rings. The second kappa shape index (κ2) is 4.73. The van der Waals surface area contributed by atoms with E-state index in [4.69, 9.17) is 23.2 Å². The van der Waals surface area contributed by atoms with Crippen LogP contribution in [0.2, 0.25) is 10.0 Å². The van der Waals surface area contributed by atoms with Crippen LogP contribution in [0.15, 0.2) is 36.5 Å². The zero-order chi connectivity index (χ0) is 11.5. The molecule has 0 spiro atoms. The highest BCUT2D eigenvalue weighted by Crippen LogP contribution is 2.27. The van der Waals surface area contributed by atoms with E-state index in [0.717, 1.165) is 17.1 Å². The normalized spacial score (nSPS) is 10.2. The average Bonchev–Trinajstić information content (AvgIpc) is 2.22. The number of aromatic nitrogens is 1. The lowest BCUT2D eigenvalue weighted by Crippen LogP contribution is -1.94. The van der Waals surface area contributed by atoms with Gasteiger partial charge in [0, 0.05) is 11.2 Å². The predicted molar refractivity (Wildman–Crippen MR) is 68.7 cm³/mol. The van der Waals surface area contributed by atoms with Crippen LogP contribution in [0.25, 0.3) is 0 Å². The van der Waals surface area contributed by atoms with Gasteiger partial charge in [-0.2, -0.15) is 0 Å². The first-order valence-electron chi connectivity index (χ1n) is 4.80. The average molecular weight is 253 g/mol. The molecule has 0 aliphatic rings. The van der Waals surface area contributed by atoms with Gasteiger partial charge >= 0.3 is 0 Å². The SMILES string of the molecule is Cc1ccnc(Nc2ccc(Cl)cc2Cl)c1. The Kier molecular flexibility index (Phi) is 3.32. The van der Waals surface area contributed by atoms with Crippen molar-refractivity contribution in [2.45, 2.75) is 6.92 Å². The number of pyridine rings is 1. The van der Waals surface area contributed by atoms with Gasteiger partial charge < -0.3 is 5.32 Å². The maximum Gasteiger partial charge on any atom is 0.130 e. The van der Waals surface area contributed by atoms with Crippen molar-refractivity contribution < 1.29 is 0 Å². The quantitative estimate of drug-likeness (QED) is 0.855. The highest BCUT2D eigenvalue weighted by atomic mass is 35.5. The van der Waals surface area contributed by atoms with Gasteiger partial charge in [0.2, 0.25) is 0 Å². The Morgan fingerprint density at radius 2 is 1.94 bits per heavy atom. The minimum Gasteiger partial charge on any atom is -0.339 e. The first-order chi connectivity index (χ1) is 7.65. The van der Waals surface area contributed by atoms with Crippen LogP contribution in [-0.2, 0) is 0 Å². The molecule has 0 aliphatic carbocycles. The molecule has 0 fully saturated rings. The molecule has 1 N–H and O–H groups in total. The Hall–Kier alpha value is -1.25. The van der Waals surface area contributed by atoms with Gasteiger partial charge in [-0.05, 0) is 42.8 Å². The fourth-order valence-electron chi connectivity index (χ4n) is 1.33. The van der Waals surface area contributed by atoms with Gasteiger partial charge in [-0.1, -0.05) is 23.2 Å². The molecule has 0 saturated carbocycles. The van der Waals surface area contributed by atoms with Gasteiger partial charge in [-0.25, -0.2) is 4.98 Å². The van der Waals surface area contributed by atoms with Gasteiger partial charge in [-0.3, -0.25) is 0 Å². The molecule has 2 rings (SSSR count). The number of nitrogens with zero attached hydrogens (tertiary/aromatic N) is 1. The van der Waals surface area contributed by atoms with E-state index < -0.39 is 0 Å². The van der Waals surface area contributed by atoms with Crippen molar-refractivity contribution in [1.29, 1.82) is 0 Å². The molecular formula is C12H10Cl2N2. The molecule has 1 heterocycles. The molecular weight excluding hydrogens is 243 g/mol. The van der Waals surface area contributed by atoms with Gasteiger partial charge in [-0.15, -0.1) is 0 Å². The molecule has 4 heteroatoms. The molecule has 0 unspecified atom stereocenters. The Morgan fingerprint density at radius 1 is 1.12 bits per heavy atom. The minimum absolute atomic E-state index is 0.579. The molecule has 0 saturated heterocycles. The van der Waals surface area contributed by atoms with Gasteiger partial charge in [0.25, 0.3) is 0 Å². The molecule has 1 aromatic heterocycles. The highest BCUT2D eigenvalue weighted by Gasteiger charge is 2.02.